The number of allylic oxidation sites excluding steroid dienone is 1. The van der Waals surface area contributed by atoms with Crippen molar-refractivity contribution in [1.29, 1.82) is 0 Å². The van der Waals surface area contributed by atoms with Crippen LogP contribution in [0.1, 0.15) is 70.3 Å². The van der Waals surface area contributed by atoms with Crippen LogP contribution in [0.25, 0.3) is 0 Å². The second-order valence-corrected chi connectivity index (χ2v) is 7.69. The van der Waals surface area contributed by atoms with Gasteiger partial charge < -0.3 is 10.2 Å². The second kappa shape index (κ2) is 10.5. The molecule has 0 spiro atoms. The standard InChI is InChI=1S/C23H34O3/c1-2-3-17-21(24)23(22(25)26,20-15-9-10-16-20)18-11-5-8-14-19-12-6-4-7-13-19/h2-4,6-7,12-13,20-21,24H,5,8-11,14-18H2,1H3,(H,25,26). The van der Waals surface area contributed by atoms with Gasteiger partial charge in [-0.05, 0) is 56.9 Å². The quantitative estimate of drug-likeness (QED) is 0.412. The highest BCUT2D eigenvalue weighted by Gasteiger charge is 2.50. The number of hydrogen-bond acceptors (Lipinski definition) is 2. The number of benzene rings is 1. The molecule has 1 saturated carbocycles. The zero-order valence-corrected chi connectivity index (χ0v) is 16.1. The molecular formula is C23H34O3. The Bertz CT molecular complexity index is 560. The smallest absolute Gasteiger partial charge is 0.312 e. The SMILES string of the molecule is CC=CCC(O)C(CCCCCc1ccccc1)(C(=O)O)C1CCCC1. The van der Waals surface area contributed by atoms with Crippen molar-refractivity contribution in [2.45, 2.75) is 77.2 Å². The minimum absolute atomic E-state index is 0.106. The summed E-state index contributed by atoms with van der Waals surface area (Å²) in [6, 6.07) is 10.4. The van der Waals surface area contributed by atoms with Crippen molar-refractivity contribution >= 4 is 5.97 Å². The highest BCUT2D eigenvalue weighted by molar-refractivity contribution is 5.76. The number of hydrogen-bond donors (Lipinski definition) is 2. The summed E-state index contributed by atoms with van der Waals surface area (Å²) in [5.41, 5.74) is 0.351. The van der Waals surface area contributed by atoms with Crippen molar-refractivity contribution in [2.75, 3.05) is 0 Å². The molecule has 0 aromatic heterocycles. The molecule has 0 bridgehead atoms. The van der Waals surface area contributed by atoms with Gasteiger partial charge in [-0.3, -0.25) is 4.79 Å². The van der Waals surface area contributed by atoms with Crippen LogP contribution in [-0.2, 0) is 11.2 Å². The lowest BCUT2D eigenvalue weighted by atomic mass is 9.66. The summed E-state index contributed by atoms with van der Waals surface area (Å²) in [6.45, 7) is 1.91. The normalized spacial score (nSPS) is 18.8. The van der Waals surface area contributed by atoms with Gasteiger partial charge in [-0.1, -0.05) is 68.2 Å². The van der Waals surface area contributed by atoms with E-state index in [0.29, 0.717) is 12.8 Å². The lowest BCUT2D eigenvalue weighted by Crippen LogP contribution is -2.47. The third kappa shape index (κ3) is 5.20. The van der Waals surface area contributed by atoms with E-state index in [1.165, 1.54) is 5.56 Å². The summed E-state index contributed by atoms with van der Waals surface area (Å²) in [6.07, 6.45) is 12.0. The van der Waals surface area contributed by atoms with Gasteiger partial charge in [0.05, 0.1) is 11.5 Å². The van der Waals surface area contributed by atoms with Crippen LogP contribution >= 0.6 is 0 Å². The predicted molar refractivity (Wildman–Crippen MR) is 106 cm³/mol. The van der Waals surface area contributed by atoms with E-state index in [-0.39, 0.29) is 5.92 Å². The van der Waals surface area contributed by atoms with Crippen LogP contribution in [0.3, 0.4) is 0 Å². The molecule has 1 aromatic carbocycles. The van der Waals surface area contributed by atoms with Crippen molar-refractivity contribution in [2.24, 2.45) is 11.3 Å². The van der Waals surface area contributed by atoms with Crippen molar-refractivity contribution < 1.29 is 15.0 Å². The molecule has 1 fully saturated rings. The molecule has 3 nitrogen and oxygen atoms in total. The molecule has 0 radical (unpaired) electrons. The van der Waals surface area contributed by atoms with Crippen molar-refractivity contribution in [3.8, 4) is 0 Å². The van der Waals surface area contributed by atoms with Crippen LogP contribution in [-0.4, -0.2) is 22.3 Å². The van der Waals surface area contributed by atoms with Gasteiger partial charge in [0, 0.05) is 0 Å². The number of unbranched alkanes of at least 4 members (excludes halogenated alkanes) is 2. The fourth-order valence-electron chi connectivity index (χ4n) is 4.55. The number of aliphatic hydroxyl groups is 1. The van der Waals surface area contributed by atoms with E-state index in [1.807, 2.05) is 25.1 Å². The predicted octanol–water partition coefficient (Wildman–Crippen LogP) is 5.38. The molecule has 2 N–H and O–H groups in total. The van der Waals surface area contributed by atoms with Crippen LogP contribution in [0.2, 0.25) is 0 Å². The Morgan fingerprint density at radius 1 is 1.19 bits per heavy atom. The fraction of sp³-hybridized carbons (Fsp3) is 0.609. The molecule has 144 valence electrons. The molecular weight excluding hydrogens is 324 g/mol. The fourth-order valence-corrected chi connectivity index (χ4v) is 4.55. The van der Waals surface area contributed by atoms with Gasteiger partial charge in [0.25, 0.3) is 0 Å². The Morgan fingerprint density at radius 2 is 1.88 bits per heavy atom. The zero-order chi connectivity index (χ0) is 18.8. The average molecular weight is 359 g/mol. The number of rotatable bonds is 11. The van der Waals surface area contributed by atoms with Gasteiger partial charge in [-0.25, -0.2) is 0 Å². The van der Waals surface area contributed by atoms with Gasteiger partial charge in [0.1, 0.15) is 0 Å². The monoisotopic (exact) mass is 358 g/mol. The first kappa shape index (κ1) is 20.7. The molecule has 1 aliphatic rings. The molecule has 0 amide bonds. The van der Waals surface area contributed by atoms with E-state index in [2.05, 4.69) is 24.3 Å². The first-order valence-electron chi connectivity index (χ1n) is 10.2. The van der Waals surface area contributed by atoms with E-state index in [0.717, 1.165) is 51.4 Å². The summed E-state index contributed by atoms with van der Waals surface area (Å²) in [4.78, 5) is 12.3. The molecule has 2 rings (SSSR count). The Balaban J connectivity index is 1.97. The maximum absolute atomic E-state index is 12.3. The van der Waals surface area contributed by atoms with Gasteiger partial charge in [-0.15, -0.1) is 0 Å². The molecule has 2 atom stereocenters. The first-order valence-corrected chi connectivity index (χ1v) is 10.2. The number of aliphatic hydroxyl groups excluding tert-OH is 1. The van der Waals surface area contributed by atoms with Gasteiger partial charge >= 0.3 is 5.97 Å². The minimum Gasteiger partial charge on any atom is -0.481 e. The lowest BCUT2D eigenvalue weighted by molar-refractivity contribution is -0.163. The third-order valence-corrected chi connectivity index (χ3v) is 6.07. The molecule has 3 heteroatoms. The minimum atomic E-state index is -0.983. The maximum atomic E-state index is 12.3. The van der Waals surface area contributed by atoms with E-state index in [1.54, 1.807) is 0 Å². The Hall–Kier alpha value is -1.61. The Labute approximate surface area is 158 Å². The van der Waals surface area contributed by atoms with Crippen LogP contribution < -0.4 is 0 Å². The highest BCUT2D eigenvalue weighted by Crippen LogP contribution is 2.47. The Kier molecular flexibility index (Phi) is 8.37. The van der Waals surface area contributed by atoms with Crippen LogP contribution in [0, 0.1) is 11.3 Å². The zero-order valence-electron chi connectivity index (χ0n) is 16.1. The van der Waals surface area contributed by atoms with E-state index in [9.17, 15) is 15.0 Å². The summed E-state index contributed by atoms with van der Waals surface area (Å²) in [7, 11) is 0. The second-order valence-electron chi connectivity index (χ2n) is 7.69. The molecule has 26 heavy (non-hydrogen) atoms. The summed E-state index contributed by atoms with van der Waals surface area (Å²) < 4.78 is 0. The summed E-state index contributed by atoms with van der Waals surface area (Å²) in [5.74, 6) is -0.696. The van der Waals surface area contributed by atoms with E-state index >= 15 is 0 Å². The number of aliphatic carboxylic acids is 1. The number of carboxylic acid groups (broad SMARTS) is 1. The van der Waals surface area contributed by atoms with Crippen LogP contribution in [0.5, 0.6) is 0 Å². The maximum Gasteiger partial charge on any atom is 0.312 e. The van der Waals surface area contributed by atoms with Crippen molar-refractivity contribution in [3.63, 3.8) is 0 Å². The topological polar surface area (TPSA) is 57.5 Å². The number of carbonyl (C=O) groups is 1. The van der Waals surface area contributed by atoms with E-state index in [4.69, 9.17) is 0 Å². The lowest BCUT2D eigenvalue weighted by Gasteiger charge is -2.39. The van der Waals surface area contributed by atoms with Crippen molar-refractivity contribution in [1.82, 2.24) is 0 Å². The van der Waals surface area contributed by atoms with Crippen LogP contribution in [0.4, 0.5) is 0 Å². The molecule has 0 aliphatic heterocycles. The molecule has 0 saturated heterocycles. The molecule has 0 heterocycles. The largest absolute Gasteiger partial charge is 0.481 e. The molecule has 1 aliphatic carbocycles. The number of carboxylic acids is 1. The summed E-state index contributed by atoms with van der Waals surface area (Å²) in [5, 5.41) is 20.9. The average Bonchev–Trinajstić information content (AvgIpc) is 3.18. The van der Waals surface area contributed by atoms with E-state index < -0.39 is 17.5 Å². The van der Waals surface area contributed by atoms with Crippen molar-refractivity contribution in [3.05, 3.63) is 48.0 Å². The molecule has 2 unspecified atom stereocenters. The number of aryl methyl sites for hydroxylation is 1. The third-order valence-electron chi connectivity index (χ3n) is 6.07. The van der Waals surface area contributed by atoms with Crippen LogP contribution in [0.15, 0.2) is 42.5 Å². The first-order chi connectivity index (χ1) is 12.6. The van der Waals surface area contributed by atoms with Gasteiger partial charge in [0.15, 0.2) is 0 Å². The van der Waals surface area contributed by atoms with Gasteiger partial charge in [0.2, 0.25) is 0 Å². The Morgan fingerprint density at radius 3 is 2.50 bits per heavy atom. The van der Waals surface area contributed by atoms with Gasteiger partial charge in [-0.2, -0.15) is 0 Å². The molecule has 1 aromatic rings. The highest BCUT2D eigenvalue weighted by atomic mass is 16.4. The summed E-state index contributed by atoms with van der Waals surface area (Å²) >= 11 is 0.